The number of piperidine rings is 1. The van der Waals surface area contributed by atoms with E-state index in [1.165, 1.54) is 27.6 Å². The summed E-state index contributed by atoms with van der Waals surface area (Å²) in [5, 5.41) is 4.31. The number of likely N-dealkylation sites (tertiary alicyclic amines) is 1. The number of benzene rings is 3. The van der Waals surface area contributed by atoms with Gasteiger partial charge in [-0.15, -0.1) is 0 Å². The average Bonchev–Trinajstić information content (AvgIpc) is 3.43. The Hall–Kier alpha value is -4.18. The highest BCUT2D eigenvalue weighted by Gasteiger charge is 2.39. The van der Waals surface area contributed by atoms with Crippen molar-refractivity contribution in [3.63, 3.8) is 0 Å². The number of amides is 2. The first-order valence-corrected chi connectivity index (χ1v) is 17.3. The number of carbonyl (C=O) groups excluding carboxylic acids is 2. The zero-order valence-corrected chi connectivity index (χ0v) is 28.7. The minimum absolute atomic E-state index is 0.169. The molecule has 1 aromatic heterocycles. The second-order valence-electron chi connectivity index (χ2n) is 14.4. The molecule has 6 rings (SSSR count). The predicted molar refractivity (Wildman–Crippen MR) is 191 cm³/mol. The van der Waals surface area contributed by atoms with Crippen molar-refractivity contribution < 1.29 is 14.3 Å². The number of nitrogens with one attached hydrogen (secondary N) is 1. The first kappa shape index (κ1) is 33.7. The van der Waals surface area contributed by atoms with Crippen LogP contribution in [0.5, 0.6) is 0 Å². The van der Waals surface area contributed by atoms with Crippen LogP contribution in [-0.4, -0.2) is 88.2 Å². The second kappa shape index (κ2) is 14.5. The predicted octanol–water partition coefficient (Wildman–Crippen LogP) is 5.47. The second-order valence-corrected chi connectivity index (χ2v) is 14.4. The van der Waals surface area contributed by atoms with Gasteiger partial charge in [0.1, 0.15) is 5.60 Å². The first-order valence-electron chi connectivity index (χ1n) is 17.3. The van der Waals surface area contributed by atoms with E-state index in [-0.39, 0.29) is 12.0 Å². The molecule has 2 saturated heterocycles. The minimum Gasteiger partial charge on any atom is -0.444 e. The fourth-order valence-corrected chi connectivity index (χ4v) is 6.79. The third-order valence-corrected chi connectivity index (χ3v) is 9.55. The molecule has 2 fully saturated rings. The van der Waals surface area contributed by atoms with E-state index in [0.717, 1.165) is 44.8 Å². The molecule has 4 aromatic rings. The molecule has 0 unspecified atom stereocenters. The third-order valence-electron chi connectivity index (χ3n) is 9.55. The molecule has 254 valence electrons. The molecule has 0 spiro atoms. The van der Waals surface area contributed by atoms with Gasteiger partial charge in [0, 0.05) is 88.1 Å². The maximum atomic E-state index is 13.3. The Balaban J connectivity index is 1.08. The zero-order chi connectivity index (χ0) is 33.7. The summed E-state index contributed by atoms with van der Waals surface area (Å²) in [5.74, 6) is -0.169. The Labute approximate surface area is 284 Å². The van der Waals surface area contributed by atoms with Crippen LogP contribution < -0.4 is 11.1 Å². The van der Waals surface area contributed by atoms with Crippen LogP contribution in [0.3, 0.4) is 0 Å². The molecular weight excluding hydrogens is 600 g/mol. The molecule has 3 N–H and O–H groups in total. The van der Waals surface area contributed by atoms with E-state index in [9.17, 15) is 9.59 Å². The van der Waals surface area contributed by atoms with E-state index >= 15 is 0 Å². The van der Waals surface area contributed by atoms with Crippen LogP contribution in [0.4, 0.5) is 4.79 Å². The van der Waals surface area contributed by atoms with Crippen LogP contribution in [0.15, 0.2) is 85.1 Å². The van der Waals surface area contributed by atoms with Crippen molar-refractivity contribution in [3.05, 3.63) is 96.2 Å². The summed E-state index contributed by atoms with van der Waals surface area (Å²) < 4.78 is 7.73. The highest BCUT2D eigenvalue weighted by molar-refractivity contribution is 5.96. The van der Waals surface area contributed by atoms with Crippen LogP contribution in [0.25, 0.3) is 22.0 Å². The average molecular weight is 651 g/mol. The summed E-state index contributed by atoms with van der Waals surface area (Å²) in [5.41, 5.74) is 11.2. The van der Waals surface area contributed by atoms with Gasteiger partial charge in [0.15, 0.2) is 0 Å². The summed E-state index contributed by atoms with van der Waals surface area (Å²) in [7, 11) is 0. The Morgan fingerprint density at radius 1 is 0.812 bits per heavy atom. The van der Waals surface area contributed by atoms with Crippen molar-refractivity contribution in [2.24, 2.45) is 5.73 Å². The molecule has 2 aliphatic rings. The SMILES string of the molecule is CC(C)(C)OC(=O)N1CCC(N)(C(=O)NCCn2cc(-c3ccccc3)c3cc(CN4CCN(Cc5ccccc5)CC4)ccc32)CC1. The number of ether oxygens (including phenoxy) is 1. The largest absolute Gasteiger partial charge is 0.444 e. The number of aromatic nitrogens is 1. The summed E-state index contributed by atoms with van der Waals surface area (Å²) in [6, 6.07) is 28.0. The van der Waals surface area contributed by atoms with Crippen molar-refractivity contribution in [1.82, 2.24) is 24.6 Å². The summed E-state index contributed by atoms with van der Waals surface area (Å²) in [6.45, 7) is 13.6. The molecule has 48 heavy (non-hydrogen) atoms. The van der Waals surface area contributed by atoms with Gasteiger partial charge in [-0.25, -0.2) is 4.79 Å². The fraction of sp³-hybridized carbons (Fsp3) is 0.436. The maximum absolute atomic E-state index is 13.3. The molecule has 0 radical (unpaired) electrons. The number of hydrogen-bond donors (Lipinski definition) is 2. The monoisotopic (exact) mass is 650 g/mol. The minimum atomic E-state index is -1.01. The van der Waals surface area contributed by atoms with Gasteiger partial charge in [-0.05, 0) is 62.4 Å². The smallest absolute Gasteiger partial charge is 0.410 e. The highest BCUT2D eigenvalue weighted by Crippen LogP contribution is 2.32. The lowest BCUT2D eigenvalue weighted by Gasteiger charge is -2.38. The molecule has 3 heterocycles. The van der Waals surface area contributed by atoms with Gasteiger partial charge in [-0.1, -0.05) is 66.7 Å². The Morgan fingerprint density at radius 3 is 2.04 bits per heavy atom. The molecule has 0 saturated carbocycles. The number of nitrogens with zero attached hydrogens (tertiary/aromatic N) is 4. The van der Waals surface area contributed by atoms with E-state index < -0.39 is 11.1 Å². The van der Waals surface area contributed by atoms with Crippen LogP contribution >= 0.6 is 0 Å². The van der Waals surface area contributed by atoms with E-state index in [2.05, 4.69) is 98.7 Å². The number of hydrogen-bond acceptors (Lipinski definition) is 6. The zero-order valence-electron chi connectivity index (χ0n) is 28.7. The van der Waals surface area contributed by atoms with Gasteiger partial charge in [-0.3, -0.25) is 14.6 Å². The van der Waals surface area contributed by atoms with Gasteiger partial charge >= 0.3 is 6.09 Å². The number of fused-ring (bicyclic) bond motifs is 1. The van der Waals surface area contributed by atoms with E-state index in [0.29, 0.717) is 39.0 Å². The van der Waals surface area contributed by atoms with Crippen LogP contribution in [-0.2, 0) is 29.2 Å². The molecule has 2 aliphatic heterocycles. The summed E-state index contributed by atoms with van der Waals surface area (Å²) in [4.78, 5) is 32.5. The molecular formula is C39H50N6O3. The normalized spacial score (nSPS) is 17.4. The van der Waals surface area contributed by atoms with Gasteiger partial charge in [0.25, 0.3) is 0 Å². The Kier molecular flexibility index (Phi) is 10.2. The van der Waals surface area contributed by atoms with Gasteiger partial charge < -0.3 is 25.3 Å². The van der Waals surface area contributed by atoms with Gasteiger partial charge in [0.2, 0.25) is 5.91 Å². The number of carbonyl (C=O) groups is 2. The molecule has 0 atom stereocenters. The molecule has 9 nitrogen and oxygen atoms in total. The van der Waals surface area contributed by atoms with E-state index in [1.54, 1.807) is 4.90 Å². The van der Waals surface area contributed by atoms with Gasteiger partial charge in [0.05, 0.1) is 5.54 Å². The maximum Gasteiger partial charge on any atom is 0.410 e. The molecule has 3 aromatic carbocycles. The van der Waals surface area contributed by atoms with Crippen molar-refractivity contribution >= 4 is 22.9 Å². The highest BCUT2D eigenvalue weighted by atomic mass is 16.6. The third kappa shape index (κ3) is 8.27. The Morgan fingerprint density at radius 2 is 1.42 bits per heavy atom. The molecule has 0 aliphatic carbocycles. The van der Waals surface area contributed by atoms with Crippen molar-refractivity contribution in [2.75, 3.05) is 45.8 Å². The van der Waals surface area contributed by atoms with Crippen molar-refractivity contribution in [1.29, 1.82) is 0 Å². The standard InChI is InChI=1S/C39H50N6O3/c1-38(2,3)48-37(47)44-19-16-39(40,17-20-44)36(46)41-18-21-45-29-34(32-12-8-5-9-13-32)33-26-31(14-15-35(33)45)28-43-24-22-42(23-25-43)27-30-10-6-4-7-11-30/h4-15,26,29H,16-25,27-28,40H2,1-3H3,(H,41,46). The lowest BCUT2D eigenvalue weighted by atomic mass is 9.88. The van der Waals surface area contributed by atoms with Crippen LogP contribution in [0.2, 0.25) is 0 Å². The lowest BCUT2D eigenvalue weighted by molar-refractivity contribution is -0.128. The summed E-state index contributed by atoms with van der Waals surface area (Å²) in [6.07, 6.45) is 2.64. The van der Waals surface area contributed by atoms with E-state index in [1.807, 2.05) is 26.8 Å². The molecule has 2 amide bonds. The van der Waals surface area contributed by atoms with E-state index in [4.69, 9.17) is 10.5 Å². The first-order chi connectivity index (χ1) is 23.1. The molecule has 0 bridgehead atoms. The summed E-state index contributed by atoms with van der Waals surface area (Å²) >= 11 is 0. The Bertz CT molecular complexity index is 1680. The van der Waals surface area contributed by atoms with Gasteiger partial charge in [-0.2, -0.15) is 0 Å². The number of nitrogens with two attached hydrogens (primary N) is 1. The van der Waals surface area contributed by atoms with Crippen LogP contribution in [0.1, 0.15) is 44.7 Å². The lowest BCUT2D eigenvalue weighted by Crippen LogP contribution is -2.60. The van der Waals surface area contributed by atoms with Crippen molar-refractivity contribution in [2.45, 2.75) is 64.4 Å². The fourth-order valence-electron chi connectivity index (χ4n) is 6.79. The van der Waals surface area contributed by atoms with Crippen molar-refractivity contribution in [3.8, 4) is 11.1 Å². The van der Waals surface area contributed by atoms with Crippen LogP contribution in [0, 0.1) is 0 Å². The topological polar surface area (TPSA) is 96.1 Å². The number of rotatable bonds is 9. The number of piperazine rings is 1. The quantitative estimate of drug-likeness (QED) is 0.250. The molecule has 9 heteroatoms.